The summed E-state index contributed by atoms with van der Waals surface area (Å²) >= 11 is 1.27. The van der Waals surface area contributed by atoms with Gasteiger partial charge in [0.05, 0.1) is 5.75 Å². The minimum atomic E-state index is -0.0981. The lowest BCUT2D eigenvalue weighted by atomic mass is 10.2. The topological polar surface area (TPSA) is 64.0 Å². The minimum Gasteiger partial charge on any atom is -0.351 e. The Bertz CT molecular complexity index is 698. The number of nitrogens with one attached hydrogen (secondary N) is 1. The Labute approximate surface area is 133 Å². The fraction of sp³-hybridized carbons (Fsp3) is 0.312. The molecule has 116 valence electrons. The number of hydrogen-bond acceptors (Lipinski definition) is 4. The van der Waals surface area contributed by atoms with Gasteiger partial charge in [0.2, 0.25) is 5.91 Å². The first-order chi connectivity index (χ1) is 10.6. The second-order valence-corrected chi connectivity index (χ2v) is 5.77. The number of nitrogens with zero attached hydrogens (tertiary/aromatic N) is 2. The predicted molar refractivity (Wildman–Crippen MR) is 87.9 cm³/mol. The molecule has 0 saturated heterocycles. The maximum atomic E-state index is 11.9. The number of benzene rings is 1. The fourth-order valence-electron chi connectivity index (χ4n) is 1.85. The van der Waals surface area contributed by atoms with Crippen LogP contribution in [0.25, 0.3) is 0 Å². The number of amides is 1. The van der Waals surface area contributed by atoms with Crippen LogP contribution in [0.3, 0.4) is 0 Å². The van der Waals surface area contributed by atoms with E-state index in [-0.39, 0.29) is 17.2 Å². The van der Waals surface area contributed by atoms with E-state index < -0.39 is 0 Å². The summed E-state index contributed by atoms with van der Waals surface area (Å²) in [6, 6.07) is 11.3. The highest BCUT2D eigenvalue weighted by Gasteiger charge is 2.08. The summed E-state index contributed by atoms with van der Waals surface area (Å²) in [5.41, 5.74) is 1.70. The highest BCUT2D eigenvalue weighted by Crippen LogP contribution is 2.13. The van der Waals surface area contributed by atoms with Crippen LogP contribution in [0.2, 0.25) is 0 Å². The van der Waals surface area contributed by atoms with Gasteiger partial charge >= 0.3 is 0 Å². The van der Waals surface area contributed by atoms with Gasteiger partial charge in [0.25, 0.3) is 5.56 Å². The first-order valence-electron chi connectivity index (χ1n) is 7.10. The molecule has 0 fully saturated rings. The summed E-state index contributed by atoms with van der Waals surface area (Å²) in [5.74, 6) is 0.158. The van der Waals surface area contributed by atoms with E-state index in [0.717, 1.165) is 11.3 Å². The summed E-state index contributed by atoms with van der Waals surface area (Å²) in [6.07, 6.45) is 0.698. The molecule has 0 atom stereocenters. The van der Waals surface area contributed by atoms with Crippen molar-refractivity contribution in [3.05, 3.63) is 58.0 Å². The lowest BCUT2D eigenvalue weighted by molar-refractivity contribution is -0.118. The molecule has 0 bridgehead atoms. The van der Waals surface area contributed by atoms with Crippen LogP contribution in [0.1, 0.15) is 18.2 Å². The van der Waals surface area contributed by atoms with Gasteiger partial charge in [-0.1, -0.05) is 49.0 Å². The Morgan fingerprint density at radius 1 is 1.32 bits per heavy atom. The molecule has 1 aromatic heterocycles. The van der Waals surface area contributed by atoms with E-state index >= 15 is 0 Å². The first-order valence-corrected chi connectivity index (χ1v) is 8.09. The molecule has 0 saturated carbocycles. The predicted octanol–water partition coefficient (Wildman–Crippen LogP) is 1.75. The molecule has 0 spiro atoms. The van der Waals surface area contributed by atoms with Crippen molar-refractivity contribution in [2.24, 2.45) is 7.05 Å². The Morgan fingerprint density at radius 3 is 2.73 bits per heavy atom. The van der Waals surface area contributed by atoms with Crippen LogP contribution in [-0.4, -0.2) is 21.2 Å². The van der Waals surface area contributed by atoms with Crippen molar-refractivity contribution in [1.82, 2.24) is 14.9 Å². The van der Waals surface area contributed by atoms with Gasteiger partial charge in [0, 0.05) is 25.4 Å². The summed E-state index contributed by atoms with van der Waals surface area (Å²) < 4.78 is 1.47. The van der Waals surface area contributed by atoms with Crippen LogP contribution < -0.4 is 10.9 Å². The second-order valence-electron chi connectivity index (χ2n) is 4.83. The first kappa shape index (κ1) is 16.3. The van der Waals surface area contributed by atoms with Crippen molar-refractivity contribution in [1.29, 1.82) is 0 Å². The molecule has 1 N–H and O–H groups in total. The molecule has 6 heteroatoms. The van der Waals surface area contributed by atoms with Gasteiger partial charge in [-0.2, -0.15) is 0 Å². The van der Waals surface area contributed by atoms with Gasteiger partial charge in [-0.15, -0.1) is 0 Å². The van der Waals surface area contributed by atoms with E-state index in [2.05, 4.69) is 10.3 Å². The number of aryl methyl sites for hydroxylation is 1. The number of carbonyl (C=O) groups excluding carboxylic acids is 1. The quantitative estimate of drug-likeness (QED) is 0.651. The molecular formula is C16H19N3O2S. The van der Waals surface area contributed by atoms with Crippen molar-refractivity contribution in [3.63, 3.8) is 0 Å². The molecule has 2 rings (SSSR count). The smallest absolute Gasteiger partial charge is 0.254 e. The zero-order valence-electron chi connectivity index (χ0n) is 12.7. The van der Waals surface area contributed by atoms with E-state index in [1.165, 1.54) is 22.4 Å². The molecule has 0 unspecified atom stereocenters. The highest BCUT2D eigenvalue weighted by atomic mass is 32.2. The number of aromatic nitrogens is 2. The Kier molecular flexibility index (Phi) is 5.77. The Morgan fingerprint density at radius 2 is 2.05 bits per heavy atom. The maximum absolute atomic E-state index is 11.9. The number of thioether (sulfide) groups is 1. The van der Waals surface area contributed by atoms with Gasteiger partial charge < -0.3 is 5.32 Å². The van der Waals surface area contributed by atoms with Crippen LogP contribution in [0.5, 0.6) is 0 Å². The highest BCUT2D eigenvalue weighted by molar-refractivity contribution is 7.99. The molecule has 22 heavy (non-hydrogen) atoms. The minimum absolute atomic E-state index is 0.0787. The molecule has 1 heterocycles. The maximum Gasteiger partial charge on any atom is 0.254 e. The normalized spacial score (nSPS) is 10.5. The molecule has 0 aliphatic rings. The summed E-state index contributed by atoms with van der Waals surface area (Å²) in [5, 5.41) is 3.43. The van der Waals surface area contributed by atoms with Gasteiger partial charge in [-0.05, 0) is 12.0 Å². The van der Waals surface area contributed by atoms with Crippen LogP contribution >= 0.6 is 11.8 Å². The number of rotatable bonds is 6. The lowest BCUT2D eigenvalue weighted by Gasteiger charge is -2.08. The van der Waals surface area contributed by atoms with Gasteiger partial charge in [-0.3, -0.25) is 14.2 Å². The van der Waals surface area contributed by atoms with E-state index in [1.807, 2.05) is 37.3 Å². The molecule has 0 radical (unpaired) electrons. The largest absolute Gasteiger partial charge is 0.351 e. The lowest BCUT2D eigenvalue weighted by Crippen LogP contribution is -2.26. The molecule has 5 nitrogen and oxygen atoms in total. The molecule has 0 aliphatic carbocycles. The van der Waals surface area contributed by atoms with Crippen LogP contribution in [-0.2, 0) is 24.8 Å². The van der Waals surface area contributed by atoms with Gasteiger partial charge in [-0.25, -0.2) is 4.98 Å². The average Bonchev–Trinajstić information content (AvgIpc) is 2.55. The Balaban J connectivity index is 1.91. The summed E-state index contributed by atoms with van der Waals surface area (Å²) in [7, 11) is 1.67. The molecule has 1 amide bonds. The standard InChI is InChI=1S/C16H19N3O2S/c1-3-13-9-15(21)19(2)16(18-13)22-11-14(20)17-10-12-7-5-4-6-8-12/h4-9H,3,10-11H2,1-2H3,(H,17,20). The van der Waals surface area contributed by atoms with Crippen molar-refractivity contribution >= 4 is 17.7 Å². The van der Waals surface area contributed by atoms with Crippen molar-refractivity contribution in [3.8, 4) is 0 Å². The van der Waals surface area contributed by atoms with Crippen molar-refractivity contribution < 1.29 is 4.79 Å². The van der Waals surface area contributed by atoms with E-state index in [1.54, 1.807) is 7.05 Å². The fourth-order valence-corrected chi connectivity index (χ4v) is 2.68. The molecular weight excluding hydrogens is 298 g/mol. The Hall–Kier alpha value is -2.08. The third-order valence-electron chi connectivity index (χ3n) is 3.17. The van der Waals surface area contributed by atoms with E-state index in [0.29, 0.717) is 18.1 Å². The van der Waals surface area contributed by atoms with E-state index in [4.69, 9.17) is 0 Å². The zero-order chi connectivity index (χ0) is 15.9. The molecule has 0 aliphatic heterocycles. The second kappa shape index (κ2) is 7.79. The molecule has 2 aromatic rings. The SMILES string of the molecule is CCc1cc(=O)n(C)c(SCC(=O)NCc2ccccc2)n1. The third-order valence-corrected chi connectivity index (χ3v) is 4.20. The zero-order valence-corrected chi connectivity index (χ0v) is 13.5. The monoisotopic (exact) mass is 317 g/mol. The van der Waals surface area contributed by atoms with Crippen molar-refractivity contribution in [2.75, 3.05) is 5.75 Å². The van der Waals surface area contributed by atoms with E-state index in [9.17, 15) is 9.59 Å². The van der Waals surface area contributed by atoms with Gasteiger partial charge in [0.15, 0.2) is 5.16 Å². The van der Waals surface area contributed by atoms with Crippen molar-refractivity contribution in [2.45, 2.75) is 25.0 Å². The van der Waals surface area contributed by atoms with Gasteiger partial charge in [0.1, 0.15) is 0 Å². The van der Waals surface area contributed by atoms with Crippen LogP contribution in [0, 0.1) is 0 Å². The number of carbonyl (C=O) groups is 1. The summed E-state index contributed by atoms with van der Waals surface area (Å²) in [6.45, 7) is 2.45. The van der Waals surface area contributed by atoms with Crippen LogP contribution in [0.15, 0.2) is 46.3 Å². The summed E-state index contributed by atoms with van der Waals surface area (Å²) in [4.78, 5) is 28.1. The third kappa shape index (κ3) is 4.46. The van der Waals surface area contributed by atoms with Crippen LogP contribution in [0.4, 0.5) is 0 Å². The number of hydrogen-bond donors (Lipinski definition) is 1. The average molecular weight is 317 g/mol. The molecule has 1 aromatic carbocycles.